The monoisotopic (exact) mass is 490 g/mol. The Morgan fingerprint density at radius 2 is 2.00 bits per heavy atom. The SMILES string of the molecule is NC(=O)c1c(F)ccc(OC(CO)c2nc(-c3ccc(Cl)cc3F)c(Br)o2)c1F. The van der Waals surface area contributed by atoms with Gasteiger partial charge < -0.3 is 20.0 Å². The van der Waals surface area contributed by atoms with Gasteiger partial charge in [-0.3, -0.25) is 4.79 Å². The molecule has 0 saturated carbocycles. The van der Waals surface area contributed by atoms with Crippen LogP contribution in [0.3, 0.4) is 0 Å². The Kier molecular flexibility index (Phi) is 6.15. The summed E-state index contributed by atoms with van der Waals surface area (Å²) >= 11 is 8.82. The summed E-state index contributed by atoms with van der Waals surface area (Å²) < 4.78 is 52.8. The van der Waals surface area contributed by atoms with Crippen molar-refractivity contribution in [1.82, 2.24) is 4.98 Å². The van der Waals surface area contributed by atoms with E-state index >= 15 is 0 Å². The number of amides is 1. The second-order valence-electron chi connectivity index (χ2n) is 5.69. The largest absolute Gasteiger partial charge is 0.475 e. The zero-order valence-corrected chi connectivity index (χ0v) is 16.6. The third-order valence-corrected chi connectivity index (χ3v) is 4.57. The number of oxazole rings is 1. The molecule has 29 heavy (non-hydrogen) atoms. The van der Waals surface area contributed by atoms with Crippen LogP contribution in [0.15, 0.2) is 39.4 Å². The van der Waals surface area contributed by atoms with E-state index < -0.39 is 47.4 Å². The first-order chi connectivity index (χ1) is 13.7. The van der Waals surface area contributed by atoms with E-state index in [9.17, 15) is 23.1 Å². The van der Waals surface area contributed by atoms with Gasteiger partial charge in [0.1, 0.15) is 22.9 Å². The summed E-state index contributed by atoms with van der Waals surface area (Å²) in [5.74, 6) is -5.30. The molecule has 0 saturated heterocycles. The average molecular weight is 492 g/mol. The van der Waals surface area contributed by atoms with Crippen molar-refractivity contribution in [1.29, 1.82) is 0 Å². The zero-order chi connectivity index (χ0) is 21.3. The average Bonchev–Trinajstić information content (AvgIpc) is 3.02. The second kappa shape index (κ2) is 8.44. The summed E-state index contributed by atoms with van der Waals surface area (Å²) in [6.07, 6.45) is -1.35. The number of halogens is 5. The van der Waals surface area contributed by atoms with Crippen molar-refractivity contribution in [2.24, 2.45) is 5.73 Å². The van der Waals surface area contributed by atoms with Gasteiger partial charge in [-0.1, -0.05) is 11.6 Å². The Morgan fingerprint density at radius 3 is 2.62 bits per heavy atom. The van der Waals surface area contributed by atoms with Gasteiger partial charge in [0.25, 0.3) is 5.91 Å². The summed E-state index contributed by atoms with van der Waals surface area (Å²) in [5, 5.41) is 9.79. The second-order valence-corrected chi connectivity index (χ2v) is 6.84. The van der Waals surface area contributed by atoms with Crippen molar-refractivity contribution in [2.45, 2.75) is 6.10 Å². The molecule has 0 aliphatic rings. The molecule has 3 aromatic rings. The van der Waals surface area contributed by atoms with Gasteiger partial charge >= 0.3 is 0 Å². The van der Waals surface area contributed by atoms with Crippen molar-refractivity contribution >= 4 is 33.4 Å². The van der Waals surface area contributed by atoms with Crippen LogP contribution in [0.2, 0.25) is 5.02 Å². The highest BCUT2D eigenvalue weighted by molar-refractivity contribution is 9.10. The van der Waals surface area contributed by atoms with E-state index in [-0.39, 0.29) is 26.8 Å². The highest BCUT2D eigenvalue weighted by Gasteiger charge is 2.26. The van der Waals surface area contributed by atoms with Crippen LogP contribution < -0.4 is 10.5 Å². The molecule has 0 radical (unpaired) electrons. The van der Waals surface area contributed by atoms with Crippen LogP contribution in [0.4, 0.5) is 13.2 Å². The van der Waals surface area contributed by atoms with Crippen LogP contribution in [-0.4, -0.2) is 22.6 Å². The number of carbonyl (C=O) groups is 1. The molecular weight excluding hydrogens is 481 g/mol. The van der Waals surface area contributed by atoms with Crippen LogP contribution in [0.5, 0.6) is 5.75 Å². The molecule has 1 aromatic heterocycles. The molecule has 1 atom stereocenters. The lowest BCUT2D eigenvalue weighted by molar-refractivity contribution is 0.0880. The molecule has 1 amide bonds. The lowest BCUT2D eigenvalue weighted by Gasteiger charge is -2.15. The number of carbonyl (C=O) groups excluding carboxylic acids is 1. The molecule has 6 nitrogen and oxygen atoms in total. The number of ether oxygens (including phenoxy) is 1. The van der Waals surface area contributed by atoms with E-state index in [0.29, 0.717) is 0 Å². The number of nitrogens with two attached hydrogens (primary N) is 1. The Hall–Kier alpha value is -2.56. The fourth-order valence-electron chi connectivity index (χ4n) is 2.47. The molecule has 0 bridgehead atoms. The number of aliphatic hydroxyl groups is 1. The van der Waals surface area contributed by atoms with Crippen molar-refractivity contribution in [3.63, 3.8) is 0 Å². The summed E-state index contributed by atoms with van der Waals surface area (Å²) in [6.45, 7) is -0.724. The van der Waals surface area contributed by atoms with Gasteiger partial charge in [0.05, 0.1) is 6.61 Å². The lowest BCUT2D eigenvalue weighted by Crippen LogP contribution is -2.18. The molecule has 3 rings (SSSR count). The number of rotatable bonds is 6. The molecular formula is C18H11BrClF3N2O4. The first-order valence-corrected chi connectivity index (χ1v) is 9.07. The van der Waals surface area contributed by atoms with Crippen LogP contribution in [0, 0.1) is 17.5 Å². The first kappa shape index (κ1) is 21.2. The lowest BCUT2D eigenvalue weighted by atomic mass is 10.1. The summed E-state index contributed by atoms with van der Waals surface area (Å²) in [4.78, 5) is 15.3. The zero-order valence-electron chi connectivity index (χ0n) is 14.3. The first-order valence-electron chi connectivity index (χ1n) is 7.89. The molecule has 0 aliphatic carbocycles. The maximum absolute atomic E-state index is 14.4. The smallest absolute Gasteiger partial charge is 0.254 e. The highest BCUT2D eigenvalue weighted by atomic mass is 79.9. The standard InChI is InChI=1S/C18H11BrClF3N2O4/c19-16-15(8-2-1-7(20)5-10(8)22)25-18(29-16)12(6-26)28-11-4-3-9(21)13(14(11)23)17(24)27/h1-5,12,26H,6H2,(H2,24,27). The summed E-state index contributed by atoms with van der Waals surface area (Å²) in [7, 11) is 0. The number of nitrogens with zero attached hydrogens (tertiary/aromatic N) is 1. The Labute approximate surface area is 175 Å². The fourth-order valence-corrected chi connectivity index (χ4v) is 3.10. The molecule has 1 unspecified atom stereocenters. The van der Waals surface area contributed by atoms with Crippen LogP contribution in [0.25, 0.3) is 11.3 Å². The van der Waals surface area contributed by atoms with Gasteiger partial charge in [-0.05, 0) is 46.3 Å². The maximum Gasteiger partial charge on any atom is 0.254 e. The van der Waals surface area contributed by atoms with Crippen molar-refractivity contribution in [2.75, 3.05) is 6.61 Å². The molecule has 152 valence electrons. The van der Waals surface area contributed by atoms with E-state index in [0.717, 1.165) is 18.2 Å². The molecule has 0 spiro atoms. The van der Waals surface area contributed by atoms with Gasteiger partial charge in [-0.2, -0.15) is 0 Å². The molecule has 0 aliphatic heterocycles. The predicted octanol–water partition coefficient (Wildman–Crippen LogP) is 4.39. The minimum Gasteiger partial charge on any atom is -0.475 e. The van der Waals surface area contributed by atoms with Gasteiger partial charge in [-0.25, -0.2) is 18.2 Å². The number of primary amides is 1. The maximum atomic E-state index is 14.4. The minimum absolute atomic E-state index is 0.0215. The Morgan fingerprint density at radius 1 is 1.28 bits per heavy atom. The summed E-state index contributed by atoms with van der Waals surface area (Å²) in [5.41, 5.74) is 4.08. The molecule has 2 aromatic carbocycles. The van der Waals surface area contributed by atoms with Gasteiger partial charge in [-0.15, -0.1) is 0 Å². The normalized spacial score (nSPS) is 12.1. The van der Waals surface area contributed by atoms with E-state index in [2.05, 4.69) is 20.9 Å². The molecule has 3 N–H and O–H groups in total. The number of benzene rings is 2. The topological polar surface area (TPSA) is 98.6 Å². The quantitative estimate of drug-likeness (QED) is 0.533. The van der Waals surface area contributed by atoms with Crippen LogP contribution in [-0.2, 0) is 0 Å². The summed E-state index contributed by atoms with van der Waals surface area (Å²) in [6, 6.07) is 5.60. The Bertz CT molecular complexity index is 1090. The van der Waals surface area contributed by atoms with Crippen molar-refractivity contribution in [3.8, 4) is 17.0 Å². The number of hydrogen-bond acceptors (Lipinski definition) is 5. The Balaban J connectivity index is 1.96. The number of hydrogen-bond donors (Lipinski definition) is 2. The molecule has 0 fully saturated rings. The minimum atomic E-state index is -1.35. The third-order valence-electron chi connectivity index (χ3n) is 3.80. The van der Waals surface area contributed by atoms with E-state index in [1.54, 1.807) is 0 Å². The van der Waals surface area contributed by atoms with Crippen molar-refractivity contribution in [3.05, 3.63) is 68.9 Å². The van der Waals surface area contributed by atoms with Gasteiger partial charge in [0, 0.05) is 10.6 Å². The van der Waals surface area contributed by atoms with E-state index in [1.165, 1.54) is 12.1 Å². The number of aromatic nitrogens is 1. The fraction of sp³-hybridized carbons (Fsp3) is 0.111. The van der Waals surface area contributed by atoms with Gasteiger partial charge in [0.15, 0.2) is 22.3 Å². The van der Waals surface area contributed by atoms with Crippen LogP contribution in [0.1, 0.15) is 22.4 Å². The van der Waals surface area contributed by atoms with E-state index in [1.807, 2.05) is 0 Å². The van der Waals surface area contributed by atoms with Crippen molar-refractivity contribution < 1.29 is 32.2 Å². The molecule has 11 heteroatoms. The third kappa shape index (κ3) is 4.24. The molecule has 1 heterocycles. The van der Waals surface area contributed by atoms with E-state index in [4.69, 9.17) is 26.5 Å². The highest BCUT2D eigenvalue weighted by Crippen LogP contribution is 2.35. The predicted molar refractivity (Wildman–Crippen MR) is 99.9 cm³/mol. The number of aliphatic hydroxyl groups excluding tert-OH is 1. The van der Waals surface area contributed by atoms with Gasteiger partial charge in [0.2, 0.25) is 5.89 Å². The van der Waals surface area contributed by atoms with Crippen LogP contribution >= 0.6 is 27.5 Å².